The van der Waals surface area contributed by atoms with Crippen LogP contribution >= 0.6 is 24.0 Å². The Morgan fingerprint density at radius 3 is 2.67 bits per heavy atom. The first-order chi connectivity index (χ1) is 14.0. The molecular formula is C23H33FIN5. The zero-order chi connectivity index (χ0) is 20.6. The lowest BCUT2D eigenvalue weighted by atomic mass is 10.0. The molecule has 164 valence electrons. The van der Waals surface area contributed by atoms with Gasteiger partial charge in [0, 0.05) is 50.5 Å². The second-order valence-corrected chi connectivity index (χ2v) is 7.85. The standard InChI is InChI=1S/C23H32FN5.HI/c1-25-23(26-15-18-11-12-22(24)19(14-18)16-28(2)3)27-20-8-7-13-29(17-20)21-9-5-4-6-10-21;/h4-6,9-12,14,20H,7-8,13,15-17H2,1-3H3,(H2,25,26,27);1H. The van der Waals surface area contributed by atoms with Gasteiger partial charge in [-0.05, 0) is 56.8 Å². The maximum Gasteiger partial charge on any atom is 0.191 e. The molecule has 1 aliphatic rings. The minimum absolute atomic E-state index is 0. The Bertz CT molecular complexity index is 812. The number of guanidine groups is 1. The van der Waals surface area contributed by atoms with Crippen LogP contribution in [0.5, 0.6) is 0 Å². The molecule has 7 heteroatoms. The predicted octanol–water partition coefficient (Wildman–Crippen LogP) is 3.84. The van der Waals surface area contributed by atoms with E-state index in [4.69, 9.17) is 0 Å². The summed E-state index contributed by atoms with van der Waals surface area (Å²) in [6.45, 7) is 3.23. The second-order valence-electron chi connectivity index (χ2n) is 7.85. The molecule has 2 N–H and O–H groups in total. The van der Waals surface area contributed by atoms with Crippen LogP contribution in [0.1, 0.15) is 24.0 Å². The number of hydrogen-bond donors (Lipinski definition) is 2. The van der Waals surface area contributed by atoms with E-state index < -0.39 is 0 Å². The molecule has 0 aromatic heterocycles. The van der Waals surface area contributed by atoms with Gasteiger partial charge in [-0.25, -0.2) is 4.39 Å². The van der Waals surface area contributed by atoms with Crippen LogP contribution in [0, 0.1) is 5.82 Å². The number of benzene rings is 2. The van der Waals surface area contributed by atoms with Gasteiger partial charge in [0.05, 0.1) is 0 Å². The minimum Gasteiger partial charge on any atom is -0.369 e. The Labute approximate surface area is 196 Å². The van der Waals surface area contributed by atoms with Crippen LogP contribution in [0.2, 0.25) is 0 Å². The van der Waals surface area contributed by atoms with Crippen molar-refractivity contribution in [1.29, 1.82) is 0 Å². The quantitative estimate of drug-likeness (QED) is 0.342. The third-order valence-electron chi connectivity index (χ3n) is 5.16. The van der Waals surface area contributed by atoms with E-state index in [0.717, 1.165) is 37.5 Å². The molecule has 3 rings (SSSR count). The van der Waals surface area contributed by atoms with Crippen LogP contribution in [0.25, 0.3) is 0 Å². The van der Waals surface area contributed by atoms with Gasteiger partial charge in [0.15, 0.2) is 5.96 Å². The van der Waals surface area contributed by atoms with Gasteiger partial charge in [0.1, 0.15) is 5.82 Å². The number of nitrogens with one attached hydrogen (secondary N) is 2. The maximum atomic E-state index is 14.0. The van der Waals surface area contributed by atoms with E-state index in [1.165, 1.54) is 5.69 Å². The monoisotopic (exact) mass is 525 g/mol. The highest BCUT2D eigenvalue weighted by molar-refractivity contribution is 14.0. The molecule has 1 fully saturated rings. The van der Waals surface area contributed by atoms with Crippen molar-refractivity contribution < 1.29 is 4.39 Å². The number of hydrogen-bond acceptors (Lipinski definition) is 3. The maximum absolute atomic E-state index is 14.0. The third-order valence-corrected chi connectivity index (χ3v) is 5.16. The van der Waals surface area contributed by atoms with Crippen LogP contribution < -0.4 is 15.5 Å². The first-order valence-corrected chi connectivity index (χ1v) is 10.2. The van der Waals surface area contributed by atoms with E-state index >= 15 is 0 Å². The molecule has 1 heterocycles. The summed E-state index contributed by atoms with van der Waals surface area (Å²) in [6, 6.07) is 16.2. The average Bonchev–Trinajstić information content (AvgIpc) is 2.73. The van der Waals surface area contributed by atoms with E-state index in [1.54, 1.807) is 13.1 Å². The molecule has 1 aliphatic heterocycles. The molecular weight excluding hydrogens is 492 g/mol. The molecule has 0 bridgehead atoms. The summed E-state index contributed by atoms with van der Waals surface area (Å²) in [5.41, 5.74) is 3.02. The van der Waals surface area contributed by atoms with Crippen molar-refractivity contribution in [2.75, 3.05) is 39.1 Å². The number of piperidine rings is 1. The lowest BCUT2D eigenvalue weighted by molar-refractivity contribution is 0.392. The first-order valence-electron chi connectivity index (χ1n) is 10.2. The summed E-state index contributed by atoms with van der Waals surface area (Å²) in [4.78, 5) is 8.77. The third kappa shape index (κ3) is 7.12. The van der Waals surface area contributed by atoms with Crippen molar-refractivity contribution in [3.05, 3.63) is 65.5 Å². The first kappa shape index (κ1) is 24.4. The fourth-order valence-electron chi connectivity index (χ4n) is 3.74. The van der Waals surface area contributed by atoms with Crippen molar-refractivity contribution in [3.63, 3.8) is 0 Å². The Morgan fingerprint density at radius 1 is 1.20 bits per heavy atom. The fraction of sp³-hybridized carbons (Fsp3) is 0.435. The van der Waals surface area contributed by atoms with Gasteiger partial charge in [-0.15, -0.1) is 24.0 Å². The normalized spacial score (nSPS) is 16.9. The number of aliphatic imine (C=N–C) groups is 1. The number of rotatable bonds is 6. The van der Waals surface area contributed by atoms with E-state index in [-0.39, 0.29) is 29.8 Å². The highest BCUT2D eigenvalue weighted by atomic mass is 127. The lowest BCUT2D eigenvalue weighted by Crippen LogP contribution is -2.51. The summed E-state index contributed by atoms with van der Waals surface area (Å²) >= 11 is 0. The molecule has 0 amide bonds. The Hall–Kier alpha value is -1.87. The summed E-state index contributed by atoms with van der Waals surface area (Å²) in [6.07, 6.45) is 2.27. The van der Waals surface area contributed by atoms with Crippen molar-refractivity contribution in [2.45, 2.75) is 32.0 Å². The molecule has 1 atom stereocenters. The minimum atomic E-state index is -0.159. The molecule has 0 radical (unpaired) electrons. The lowest BCUT2D eigenvalue weighted by Gasteiger charge is -2.35. The average molecular weight is 525 g/mol. The van der Waals surface area contributed by atoms with Crippen molar-refractivity contribution in [2.24, 2.45) is 4.99 Å². The zero-order valence-corrected chi connectivity index (χ0v) is 20.4. The van der Waals surface area contributed by atoms with E-state index in [2.05, 4.69) is 44.8 Å². The van der Waals surface area contributed by atoms with Gasteiger partial charge in [0.2, 0.25) is 0 Å². The largest absolute Gasteiger partial charge is 0.369 e. The Balaban J connectivity index is 0.00000320. The van der Waals surface area contributed by atoms with Crippen molar-refractivity contribution >= 4 is 35.6 Å². The topological polar surface area (TPSA) is 42.9 Å². The molecule has 1 saturated heterocycles. The Morgan fingerprint density at radius 2 is 1.97 bits per heavy atom. The highest BCUT2D eigenvalue weighted by Gasteiger charge is 2.20. The summed E-state index contributed by atoms with van der Waals surface area (Å²) < 4.78 is 14.0. The van der Waals surface area contributed by atoms with Crippen molar-refractivity contribution in [1.82, 2.24) is 15.5 Å². The molecule has 0 spiro atoms. The highest BCUT2D eigenvalue weighted by Crippen LogP contribution is 2.19. The Kier molecular flexibility index (Phi) is 9.84. The van der Waals surface area contributed by atoms with Crippen molar-refractivity contribution in [3.8, 4) is 0 Å². The smallest absolute Gasteiger partial charge is 0.191 e. The number of para-hydroxylation sites is 1. The van der Waals surface area contributed by atoms with Gasteiger partial charge in [0.25, 0.3) is 0 Å². The molecule has 2 aromatic rings. The molecule has 1 unspecified atom stereocenters. The number of halogens is 2. The van der Waals surface area contributed by atoms with E-state index in [0.29, 0.717) is 24.7 Å². The van der Waals surface area contributed by atoms with Gasteiger partial charge >= 0.3 is 0 Å². The zero-order valence-electron chi connectivity index (χ0n) is 18.1. The number of nitrogens with zero attached hydrogens (tertiary/aromatic N) is 3. The summed E-state index contributed by atoms with van der Waals surface area (Å²) in [5.74, 6) is 0.622. The molecule has 5 nitrogen and oxygen atoms in total. The van der Waals surface area contributed by atoms with Crippen LogP contribution in [0.4, 0.5) is 10.1 Å². The van der Waals surface area contributed by atoms with E-state index in [9.17, 15) is 4.39 Å². The molecule has 0 aliphatic carbocycles. The molecule has 0 saturated carbocycles. The second kappa shape index (κ2) is 12.1. The summed E-state index contributed by atoms with van der Waals surface area (Å²) in [7, 11) is 5.67. The molecule has 2 aromatic carbocycles. The van der Waals surface area contributed by atoms with Crippen LogP contribution in [0.3, 0.4) is 0 Å². The van der Waals surface area contributed by atoms with Gasteiger partial charge in [-0.2, -0.15) is 0 Å². The SMILES string of the molecule is CN=C(NCc1ccc(F)c(CN(C)C)c1)NC1CCCN(c2ccccc2)C1.I. The van der Waals surface area contributed by atoms with Gasteiger partial charge in [-0.3, -0.25) is 4.99 Å². The summed E-state index contributed by atoms with van der Waals surface area (Å²) in [5, 5.41) is 6.92. The predicted molar refractivity (Wildman–Crippen MR) is 134 cm³/mol. The number of anilines is 1. The van der Waals surface area contributed by atoms with Gasteiger partial charge < -0.3 is 20.4 Å². The van der Waals surface area contributed by atoms with E-state index in [1.807, 2.05) is 37.2 Å². The van der Waals surface area contributed by atoms with Crippen LogP contribution in [-0.4, -0.2) is 51.1 Å². The molecule has 30 heavy (non-hydrogen) atoms. The van der Waals surface area contributed by atoms with Gasteiger partial charge in [-0.1, -0.05) is 24.3 Å². The van der Waals surface area contributed by atoms with Crippen LogP contribution in [0.15, 0.2) is 53.5 Å². The fourth-order valence-corrected chi connectivity index (χ4v) is 3.74. The van der Waals surface area contributed by atoms with Crippen LogP contribution in [-0.2, 0) is 13.1 Å².